The molecule has 4 unspecified atom stereocenters. The Morgan fingerprint density at radius 2 is 1.22 bits per heavy atom. The molecule has 4 atom stereocenters. The first-order valence-electron chi connectivity index (χ1n) is 8.80. The summed E-state index contributed by atoms with van der Waals surface area (Å²) in [4.78, 5) is 24.9. The molecule has 0 amide bonds. The van der Waals surface area contributed by atoms with Crippen molar-refractivity contribution in [1.29, 1.82) is 0 Å². The number of carbonyl (C=O) groups excluding carboxylic acids is 2. The maximum Gasteiger partial charge on any atom is 0.374 e. The SMILES string of the molecule is O=C(OC1C2CC(c3ccccc32)C1OC(=O)c1ccco1)c1ccco1. The van der Waals surface area contributed by atoms with Crippen LogP contribution in [0.25, 0.3) is 0 Å². The molecular formula is C21H16O6. The van der Waals surface area contributed by atoms with Crippen molar-refractivity contribution in [3.05, 3.63) is 83.7 Å². The molecule has 2 heterocycles. The van der Waals surface area contributed by atoms with Gasteiger partial charge in [0.1, 0.15) is 12.2 Å². The van der Waals surface area contributed by atoms with Gasteiger partial charge in [-0.1, -0.05) is 24.3 Å². The van der Waals surface area contributed by atoms with Crippen LogP contribution in [-0.4, -0.2) is 24.1 Å². The van der Waals surface area contributed by atoms with Crippen LogP contribution < -0.4 is 0 Å². The molecule has 2 aliphatic carbocycles. The first kappa shape index (κ1) is 15.9. The average molecular weight is 364 g/mol. The number of benzene rings is 1. The van der Waals surface area contributed by atoms with Crippen LogP contribution in [0, 0.1) is 0 Å². The fourth-order valence-electron chi connectivity index (χ4n) is 4.25. The molecule has 0 saturated heterocycles. The largest absolute Gasteiger partial charge is 0.457 e. The van der Waals surface area contributed by atoms with Crippen LogP contribution in [0.2, 0.25) is 0 Å². The highest BCUT2D eigenvalue weighted by Crippen LogP contribution is 2.55. The van der Waals surface area contributed by atoms with Crippen molar-refractivity contribution < 1.29 is 27.9 Å². The third-order valence-electron chi connectivity index (χ3n) is 5.35. The monoisotopic (exact) mass is 364 g/mol. The number of esters is 2. The summed E-state index contributed by atoms with van der Waals surface area (Å²) in [6, 6.07) is 14.4. The van der Waals surface area contributed by atoms with Gasteiger partial charge in [0, 0.05) is 11.8 Å². The topological polar surface area (TPSA) is 78.9 Å². The van der Waals surface area contributed by atoms with Gasteiger partial charge in [0.15, 0.2) is 0 Å². The molecule has 2 aliphatic rings. The van der Waals surface area contributed by atoms with Crippen molar-refractivity contribution in [3.63, 3.8) is 0 Å². The highest BCUT2D eigenvalue weighted by atomic mass is 16.6. The van der Waals surface area contributed by atoms with Gasteiger partial charge in [-0.3, -0.25) is 0 Å². The lowest BCUT2D eigenvalue weighted by atomic mass is 9.87. The minimum absolute atomic E-state index is 0.0143. The van der Waals surface area contributed by atoms with E-state index in [9.17, 15) is 9.59 Å². The van der Waals surface area contributed by atoms with Gasteiger partial charge in [-0.15, -0.1) is 0 Å². The number of carbonyl (C=O) groups is 2. The second-order valence-electron chi connectivity index (χ2n) is 6.77. The average Bonchev–Trinajstić information content (AvgIpc) is 3.46. The molecule has 1 saturated carbocycles. The van der Waals surface area contributed by atoms with Crippen molar-refractivity contribution in [2.45, 2.75) is 30.5 Å². The van der Waals surface area contributed by atoms with Crippen molar-refractivity contribution >= 4 is 11.9 Å². The maximum atomic E-state index is 12.4. The Bertz CT molecular complexity index is 893. The van der Waals surface area contributed by atoms with Crippen molar-refractivity contribution in [2.24, 2.45) is 0 Å². The van der Waals surface area contributed by atoms with Crippen LogP contribution in [0.3, 0.4) is 0 Å². The number of fused-ring (bicyclic) bond motifs is 5. The van der Waals surface area contributed by atoms with E-state index >= 15 is 0 Å². The molecule has 2 aromatic heterocycles. The molecular weight excluding hydrogens is 348 g/mol. The molecule has 6 nitrogen and oxygen atoms in total. The fourth-order valence-corrected chi connectivity index (χ4v) is 4.25. The quantitative estimate of drug-likeness (QED) is 0.653. The number of furan rings is 2. The number of hydrogen-bond donors (Lipinski definition) is 0. The first-order chi connectivity index (χ1) is 13.2. The summed E-state index contributed by atoms with van der Waals surface area (Å²) in [5.41, 5.74) is 2.29. The van der Waals surface area contributed by atoms with Gasteiger partial charge in [0.25, 0.3) is 0 Å². The molecule has 3 aromatic rings. The van der Waals surface area contributed by atoms with Crippen LogP contribution in [0.4, 0.5) is 0 Å². The van der Waals surface area contributed by atoms with Gasteiger partial charge in [-0.2, -0.15) is 0 Å². The van der Waals surface area contributed by atoms with E-state index in [1.54, 1.807) is 24.3 Å². The maximum absolute atomic E-state index is 12.4. The predicted molar refractivity (Wildman–Crippen MR) is 92.4 cm³/mol. The van der Waals surface area contributed by atoms with Crippen molar-refractivity contribution in [2.75, 3.05) is 0 Å². The van der Waals surface area contributed by atoms with E-state index in [1.807, 2.05) is 24.3 Å². The van der Waals surface area contributed by atoms with Crippen molar-refractivity contribution in [3.8, 4) is 0 Å². The van der Waals surface area contributed by atoms with E-state index in [2.05, 4.69) is 0 Å². The molecule has 0 N–H and O–H groups in total. The van der Waals surface area contributed by atoms with Gasteiger partial charge in [0.2, 0.25) is 11.5 Å². The molecule has 27 heavy (non-hydrogen) atoms. The molecule has 1 fully saturated rings. The summed E-state index contributed by atoms with van der Waals surface area (Å²) in [6.07, 6.45) is 2.47. The summed E-state index contributed by atoms with van der Waals surface area (Å²) in [7, 11) is 0. The zero-order valence-corrected chi connectivity index (χ0v) is 14.2. The van der Waals surface area contributed by atoms with E-state index < -0.39 is 24.1 Å². The van der Waals surface area contributed by atoms with Crippen LogP contribution in [0.5, 0.6) is 0 Å². The Balaban J connectivity index is 1.45. The highest BCUT2D eigenvalue weighted by molar-refractivity contribution is 5.87. The summed E-state index contributed by atoms with van der Waals surface area (Å²) < 4.78 is 21.7. The summed E-state index contributed by atoms with van der Waals surface area (Å²) in [5, 5.41) is 0. The van der Waals surface area contributed by atoms with Crippen molar-refractivity contribution in [1.82, 2.24) is 0 Å². The number of hydrogen-bond acceptors (Lipinski definition) is 6. The Kier molecular flexibility index (Phi) is 3.63. The molecule has 0 aliphatic heterocycles. The van der Waals surface area contributed by atoms with E-state index in [4.69, 9.17) is 18.3 Å². The molecule has 136 valence electrons. The lowest BCUT2D eigenvalue weighted by Gasteiger charge is -2.31. The molecule has 2 bridgehead atoms. The Hall–Kier alpha value is -3.28. The van der Waals surface area contributed by atoms with Gasteiger partial charge in [-0.05, 0) is 41.8 Å². The van der Waals surface area contributed by atoms with Crippen LogP contribution >= 0.6 is 0 Å². The Morgan fingerprint density at radius 1 is 0.741 bits per heavy atom. The second-order valence-corrected chi connectivity index (χ2v) is 6.77. The number of ether oxygens (including phenoxy) is 2. The summed E-state index contributed by atoms with van der Waals surface area (Å²) >= 11 is 0. The van der Waals surface area contributed by atoms with Gasteiger partial charge in [-0.25, -0.2) is 9.59 Å². The highest BCUT2D eigenvalue weighted by Gasteiger charge is 2.55. The Labute approximate surface area is 154 Å². The normalized spacial score (nSPS) is 25.2. The minimum Gasteiger partial charge on any atom is -0.457 e. The summed E-state index contributed by atoms with van der Waals surface area (Å²) in [5.74, 6) is -0.897. The van der Waals surface area contributed by atoms with E-state index in [0.29, 0.717) is 0 Å². The molecule has 0 spiro atoms. The standard InChI is InChI=1S/C21H16O6/c22-20(16-7-3-9-24-16)26-18-14-11-15(13-6-2-1-5-12(13)14)19(18)27-21(23)17-8-4-10-25-17/h1-10,14-15,18-19H,11H2. The van der Waals surface area contributed by atoms with Crippen LogP contribution in [-0.2, 0) is 9.47 Å². The third-order valence-corrected chi connectivity index (χ3v) is 5.35. The van der Waals surface area contributed by atoms with E-state index in [0.717, 1.165) is 17.5 Å². The molecule has 0 radical (unpaired) electrons. The third kappa shape index (κ3) is 2.56. The van der Waals surface area contributed by atoms with Crippen LogP contribution in [0.1, 0.15) is 50.5 Å². The molecule has 6 heteroatoms. The predicted octanol–water partition coefficient (Wildman–Crippen LogP) is 3.91. The number of rotatable bonds is 4. The molecule has 5 rings (SSSR count). The zero-order valence-electron chi connectivity index (χ0n) is 14.2. The van der Waals surface area contributed by atoms with Gasteiger partial charge in [0.05, 0.1) is 12.5 Å². The lowest BCUT2D eigenvalue weighted by molar-refractivity contribution is -0.0376. The van der Waals surface area contributed by atoms with Gasteiger partial charge >= 0.3 is 11.9 Å². The van der Waals surface area contributed by atoms with E-state index in [1.165, 1.54) is 12.5 Å². The Morgan fingerprint density at radius 3 is 1.63 bits per heavy atom. The lowest BCUT2D eigenvalue weighted by Crippen LogP contribution is -2.39. The smallest absolute Gasteiger partial charge is 0.374 e. The van der Waals surface area contributed by atoms with E-state index in [-0.39, 0.29) is 23.4 Å². The fraction of sp³-hybridized carbons (Fsp3) is 0.238. The van der Waals surface area contributed by atoms with Crippen LogP contribution in [0.15, 0.2) is 69.9 Å². The zero-order chi connectivity index (χ0) is 18.4. The minimum atomic E-state index is -0.568. The first-order valence-corrected chi connectivity index (χ1v) is 8.80. The molecule has 1 aromatic carbocycles. The van der Waals surface area contributed by atoms with Gasteiger partial charge < -0.3 is 18.3 Å². The summed E-state index contributed by atoms with van der Waals surface area (Å²) in [6.45, 7) is 0. The second kappa shape index (κ2) is 6.16.